The molecule has 0 amide bonds. The monoisotopic (exact) mass is 289 g/mol. The third-order valence-corrected chi connectivity index (χ3v) is 3.77. The zero-order valence-electron chi connectivity index (χ0n) is 11.9. The number of aromatic nitrogens is 2. The van der Waals surface area contributed by atoms with Crippen LogP contribution in [0.2, 0.25) is 0 Å². The molecule has 0 radical (unpaired) electrons. The van der Waals surface area contributed by atoms with E-state index < -0.39 is 0 Å². The number of hydrogen-bond acceptors (Lipinski definition) is 4. The van der Waals surface area contributed by atoms with Crippen LogP contribution in [-0.2, 0) is 6.54 Å². The number of aryl methyl sites for hydroxylation is 1. The molecule has 4 nitrogen and oxygen atoms in total. The fourth-order valence-electron chi connectivity index (χ4n) is 1.76. The number of nitrogens with one attached hydrogen (secondary N) is 2. The topological polar surface area (TPSA) is 57.8 Å². The van der Waals surface area contributed by atoms with Crippen molar-refractivity contribution in [1.82, 2.24) is 15.3 Å². The number of benzene rings is 1. The second kappa shape index (κ2) is 6.72. The third-order valence-electron chi connectivity index (χ3n) is 2.88. The Morgan fingerprint density at radius 1 is 1.35 bits per heavy atom. The quantitative estimate of drug-likeness (QED) is 0.831. The highest BCUT2D eigenvalue weighted by molar-refractivity contribution is 7.99. The molecule has 2 aromatic rings. The maximum absolute atomic E-state index is 11.2. The summed E-state index contributed by atoms with van der Waals surface area (Å²) in [4.78, 5) is 19.2. The minimum Gasteiger partial charge on any atom is -0.310 e. The molecule has 0 bridgehead atoms. The zero-order chi connectivity index (χ0) is 14.5. The van der Waals surface area contributed by atoms with Crippen molar-refractivity contribution in [3.8, 4) is 0 Å². The first-order valence-electron chi connectivity index (χ1n) is 6.60. The van der Waals surface area contributed by atoms with Gasteiger partial charge in [0.15, 0.2) is 5.16 Å². The molecule has 1 aromatic carbocycles. The van der Waals surface area contributed by atoms with E-state index in [1.54, 1.807) is 0 Å². The second-order valence-corrected chi connectivity index (χ2v) is 6.03. The maximum Gasteiger partial charge on any atom is 0.251 e. The lowest BCUT2D eigenvalue weighted by molar-refractivity contribution is 0.587. The van der Waals surface area contributed by atoms with Gasteiger partial charge in [0.2, 0.25) is 0 Å². The molecule has 2 N–H and O–H groups in total. The summed E-state index contributed by atoms with van der Waals surface area (Å²) in [6, 6.07) is 8.18. The van der Waals surface area contributed by atoms with Gasteiger partial charge in [-0.1, -0.05) is 31.7 Å². The van der Waals surface area contributed by atoms with Crippen LogP contribution >= 0.6 is 11.8 Å². The summed E-state index contributed by atoms with van der Waals surface area (Å²) < 4.78 is 0. The fraction of sp³-hybridized carbons (Fsp3) is 0.333. The summed E-state index contributed by atoms with van der Waals surface area (Å²) in [5.41, 5.74) is 2.40. The van der Waals surface area contributed by atoms with E-state index in [9.17, 15) is 4.79 Å². The van der Waals surface area contributed by atoms with Gasteiger partial charge in [0, 0.05) is 29.7 Å². The van der Waals surface area contributed by atoms with Crippen molar-refractivity contribution in [1.29, 1.82) is 0 Å². The molecule has 5 heteroatoms. The Hall–Kier alpha value is -1.59. The van der Waals surface area contributed by atoms with Gasteiger partial charge in [-0.05, 0) is 30.2 Å². The van der Waals surface area contributed by atoms with E-state index in [4.69, 9.17) is 0 Å². The molecule has 106 valence electrons. The van der Waals surface area contributed by atoms with Crippen LogP contribution in [0.3, 0.4) is 0 Å². The second-order valence-electron chi connectivity index (χ2n) is 4.97. The Labute approximate surface area is 123 Å². The van der Waals surface area contributed by atoms with Crippen molar-refractivity contribution < 1.29 is 0 Å². The van der Waals surface area contributed by atoms with Crippen molar-refractivity contribution in [2.24, 2.45) is 0 Å². The van der Waals surface area contributed by atoms with Gasteiger partial charge in [-0.3, -0.25) is 4.79 Å². The average molecular weight is 289 g/mol. The summed E-state index contributed by atoms with van der Waals surface area (Å²) in [6.45, 7) is 7.24. The first kappa shape index (κ1) is 14.8. The third kappa shape index (κ3) is 4.21. The van der Waals surface area contributed by atoms with Crippen molar-refractivity contribution in [2.75, 3.05) is 0 Å². The van der Waals surface area contributed by atoms with Gasteiger partial charge < -0.3 is 10.3 Å². The molecule has 0 aliphatic rings. The van der Waals surface area contributed by atoms with E-state index >= 15 is 0 Å². The molecule has 0 atom stereocenters. The van der Waals surface area contributed by atoms with Crippen LogP contribution in [0.5, 0.6) is 0 Å². The van der Waals surface area contributed by atoms with Crippen molar-refractivity contribution >= 4 is 11.8 Å². The summed E-state index contributed by atoms with van der Waals surface area (Å²) >= 11 is 1.46. The molecule has 0 spiro atoms. The molecule has 0 unspecified atom stereocenters. The van der Waals surface area contributed by atoms with E-state index in [0.717, 1.165) is 11.4 Å². The summed E-state index contributed by atoms with van der Waals surface area (Å²) in [5.74, 6) is 0. The normalized spacial score (nSPS) is 11.0. The Balaban J connectivity index is 2.10. The Kier molecular flexibility index (Phi) is 4.98. The lowest BCUT2D eigenvalue weighted by atomic mass is 10.1. The van der Waals surface area contributed by atoms with Crippen LogP contribution in [0.15, 0.2) is 45.3 Å². The van der Waals surface area contributed by atoms with E-state index in [1.165, 1.54) is 35.2 Å². The molecule has 20 heavy (non-hydrogen) atoms. The van der Waals surface area contributed by atoms with E-state index in [0.29, 0.717) is 11.2 Å². The van der Waals surface area contributed by atoms with Gasteiger partial charge in [-0.2, -0.15) is 0 Å². The maximum atomic E-state index is 11.2. The molecule has 1 heterocycles. The SMILES string of the molecule is Cc1cc(Sc2nccc(=O)[nH]2)ccc1CNC(C)C. The standard InChI is InChI=1S/C15H19N3OS/c1-10(2)17-9-12-4-5-13(8-11(12)3)20-15-16-7-6-14(19)18-15/h4-8,10,17H,9H2,1-3H3,(H,16,18,19). The van der Waals surface area contributed by atoms with E-state index in [2.05, 4.69) is 54.3 Å². The summed E-state index contributed by atoms with van der Waals surface area (Å²) in [7, 11) is 0. The summed E-state index contributed by atoms with van der Waals surface area (Å²) in [5, 5.41) is 4.03. The lowest BCUT2D eigenvalue weighted by Crippen LogP contribution is -2.22. The van der Waals surface area contributed by atoms with Crippen LogP contribution in [0, 0.1) is 6.92 Å². The predicted molar refractivity (Wildman–Crippen MR) is 82.1 cm³/mol. The van der Waals surface area contributed by atoms with Crippen LogP contribution in [0.25, 0.3) is 0 Å². The number of aromatic amines is 1. The molecular formula is C15H19N3OS. The molecule has 0 aliphatic carbocycles. The first-order chi connectivity index (χ1) is 9.54. The largest absolute Gasteiger partial charge is 0.310 e. The van der Waals surface area contributed by atoms with Gasteiger partial charge in [0.05, 0.1) is 0 Å². The van der Waals surface area contributed by atoms with E-state index in [1.807, 2.05) is 0 Å². The van der Waals surface area contributed by atoms with E-state index in [-0.39, 0.29) is 5.56 Å². The molecule has 0 saturated carbocycles. The number of hydrogen-bond donors (Lipinski definition) is 2. The highest BCUT2D eigenvalue weighted by Gasteiger charge is 2.04. The molecule has 0 fully saturated rings. The molecule has 2 rings (SSSR count). The Bertz CT molecular complexity index is 637. The highest BCUT2D eigenvalue weighted by Crippen LogP contribution is 2.25. The Morgan fingerprint density at radius 2 is 2.15 bits per heavy atom. The highest BCUT2D eigenvalue weighted by atomic mass is 32.2. The number of H-pyrrole nitrogens is 1. The molecule has 0 aliphatic heterocycles. The number of rotatable bonds is 5. The van der Waals surface area contributed by atoms with Crippen molar-refractivity contribution in [3.05, 3.63) is 51.9 Å². The minimum absolute atomic E-state index is 0.128. The molecule has 0 saturated heterocycles. The van der Waals surface area contributed by atoms with Crippen LogP contribution in [0.4, 0.5) is 0 Å². The molecule has 1 aromatic heterocycles. The molecular weight excluding hydrogens is 270 g/mol. The van der Waals surface area contributed by atoms with Crippen molar-refractivity contribution in [2.45, 2.75) is 43.4 Å². The van der Waals surface area contributed by atoms with Gasteiger partial charge in [-0.15, -0.1) is 0 Å². The lowest BCUT2D eigenvalue weighted by Gasteiger charge is -2.11. The average Bonchev–Trinajstić information content (AvgIpc) is 2.37. The van der Waals surface area contributed by atoms with Crippen LogP contribution in [-0.4, -0.2) is 16.0 Å². The van der Waals surface area contributed by atoms with Gasteiger partial charge in [-0.25, -0.2) is 4.98 Å². The van der Waals surface area contributed by atoms with Crippen LogP contribution < -0.4 is 10.9 Å². The minimum atomic E-state index is -0.128. The fourth-order valence-corrected chi connectivity index (χ4v) is 2.62. The number of nitrogens with zero attached hydrogens (tertiary/aromatic N) is 1. The van der Waals surface area contributed by atoms with Gasteiger partial charge >= 0.3 is 0 Å². The smallest absolute Gasteiger partial charge is 0.251 e. The summed E-state index contributed by atoms with van der Waals surface area (Å²) in [6.07, 6.45) is 1.52. The predicted octanol–water partition coefficient (Wildman–Crippen LogP) is 2.73. The van der Waals surface area contributed by atoms with Gasteiger partial charge in [0.25, 0.3) is 5.56 Å². The first-order valence-corrected chi connectivity index (χ1v) is 7.42. The van der Waals surface area contributed by atoms with Gasteiger partial charge in [0.1, 0.15) is 0 Å². The van der Waals surface area contributed by atoms with Crippen LogP contribution in [0.1, 0.15) is 25.0 Å². The van der Waals surface area contributed by atoms with Crippen molar-refractivity contribution in [3.63, 3.8) is 0 Å². The Morgan fingerprint density at radius 3 is 2.80 bits per heavy atom. The zero-order valence-corrected chi connectivity index (χ0v) is 12.8.